The molecular formula is C14H11Cl3FN. The lowest BCUT2D eigenvalue weighted by molar-refractivity contribution is 0.580. The molecule has 2 aromatic rings. The minimum Gasteiger partial charge on any atom is -0.324 e. The lowest BCUT2D eigenvalue weighted by Crippen LogP contribution is -2.16. The Kier molecular flexibility index (Phi) is 4.69. The molecule has 2 N–H and O–H groups in total. The first-order valence-electron chi connectivity index (χ1n) is 5.63. The zero-order valence-corrected chi connectivity index (χ0v) is 12.1. The van der Waals surface area contributed by atoms with Gasteiger partial charge in [-0.05, 0) is 36.2 Å². The molecule has 0 aliphatic carbocycles. The molecule has 0 amide bonds. The first-order chi connectivity index (χ1) is 9.00. The first kappa shape index (κ1) is 14.6. The van der Waals surface area contributed by atoms with Crippen molar-refractivity contribution in [2.75, 3.05) is 0 Å². The highest BCUT2D eigenvalue weighted by Gasteiger charge is 2.18. The molecule has 2 aromatic carbocycles. The second-order valence-electron chi connectivity index (χ2n) is 4.15. The van der Waals surface area contributed by atoms with Crippen LogP contribution in [0.2, 0.25) is 15.1 Å². The zero-order chi connectivity index (χ0) is 14.0. The van der Waals surface area contributed by atoms with Crippen molar-refractivity contribution in [2.24, 2.45) is 5.73 Å². The Morgan fingerprint density at radius 3 is 2.05 bits per heavy atom. The Morgan fingerprint density at radius 1 is 0.947 bits per heavy atom. The smallest absolute Gasteiger partial charge is 0.129 e. The fourth-order valence-electron chi connectivity index (χ4n) is 1.91. The molecule has 0 radical (unpaired) electrons. The van der Waals surface area contributed by atoms with Gasteiger partial charge in [0.05, 0.1) is 0 Å². The van der Waals surface area contributed by atoms with Gasteiger partial charge in [0.2, 0.25) is 0 Å². The SMILES string of the molecule is NC(Cc1c(Cl)cccc1Cl)c1c(F)cccc1Cl. The predicted octanol–water partition coefficient (Wildman–Crippen LogP) is 5.03. The van der Waals surface area contributed by atoms with Crippen LogP contribution in [0.3, 0.4) is 0 Å². The van der Waals surface area contributed by atoms with Gasteiger partial charge in [-0.15, -0.1) is 0 Å². The van der Waals surface area contributed by atoms with Gasteiger partial charge in [-0.3, -0.25) is 0 Å². The third kappa shape index (κ3) is 3.21. The lowest BCUT2D eigenvalue weighted by atomic mass is 9.99. The minimum atomic E-state index is -0.605. The Labute approximate surface area is 126 Å². The number of hydrogen-bond acceptors (Lipinski definition) is 1. The molecule has 0 aliphatic rings. The molecule has 1 unspecified atom stereocenters. The number of rotatable bonds is 3. The molecule has 0 saturated carbocycles. The highest BCUT2D eigenvalue weighted by molar-refractivity contribution is 6.36. The van der Waals surface area contributed by atoms with Gasteiger partial charge in [0, 0.05) is 26.7 Å². The summed E-state index contributed by atoms with van der Waals surface area (Å²) >= 11 is 18.1. The molecule has 0 aliphatic heterocycles. The van der Waals surface area contributed by atoms with Gasteiger partial charge >= 0.3 is 0 Å². The molecule has 0 aromatic heterocycles. The normalized spacial score (nSPS) is 12.5. The molecule has 19 heavy (non-hydrogen) atoms. The average molecular weight is 319 g/mol. The van der Waals surface area contributed by atoms with E-state index < -0.39 is 11.9 Å². The quantitative estimate of drug-likeness (QED) is 0.844. The Hall–Kier alpha value is -0.800. The second-order valence-corrected chi connectivity index (χ2v) is 5.37. The van der Waals surface area contributed by atoms with E-state index in [0.717, 1.165) is 0 Å². The molecule has 0 heterocycles. The van der Waals surface area contributed by atoms with E-state index in [-0.39, 0.29) is 5.56 Å². The van der Waals surface area contributed by atoms with Crippen molar-refractivity contribution < 1.29 is 4.39 Å². The van der Waals surface area contributed by atoms with E-state index in [4.69, 9.17) is 40.5 Å². The Bertz CT molecular complexity index is 561. The third-order valence-electron chi connectivity index (χ3n) is 2.86. The summed E-state index contributed by atoms with van der Waals surface area (Å²) in [6.45, 7) is 0. The molecule has 0 bridgehead atoms. The summed E-state index contributed by atoms with van der Waals surface area (Å²) in [5.74, 6) is -0.428. The predicted molar refractivity (Wildman–Crippen MR) is 78.5 cm³/mol. The standard InChI is InChI=1S/C14H11Cl3FN/c15-9-3-1-4-10(16)8(9)7-13(19)14-11(17)5-2-6-12(14)18/h1-6,13H,7,19H2. The monoisotopic (exact) mass is 317 g/mol. The topological polar surface area (TPSA) is 26.0 Å². The van der Waals surface area contributed by atoms with Gasteiger partial charge in [-0.25, -0.2) is 4.39 Å². The van der Waals surface area contributed by atoms with Gasteiger partial charge in [0.25, 0.3) is 0 Å². The highest BCUT2D eigenvalue weighted by Crippen LogP contribution is 2.31. The van der Waals surface area contributed by atoms with Crippen molar-refractivity contribution in [1.29, 1.82) is 0 Å². The van der Waals surface area contributed by atoms with Crippen LogP contribution in [0, 0.1) is 5.82 Å². The van der Waals surface area contributed by atoms with Crippen molar-refractivity contribution in [3.63, 3.8) is 0 Å². The number of nitrogens with two attached hydrogens (primary N) is 1. The van der Waals surface area contributed by atoms with E-state index in [9.17, 15) is 4.39 Å². The first-order valence-corrected chi connectivity index (χ1v) is 6.76. The van der Waals surface area contributed by atoms with Crippen LogP contribution in [-0.2, 0) is 6.42 Å². The van der Waals surface area contributed by atoms with E-state index in [1.54, 1.807) is 24.3 Å². The van der Waals surface area contributed by atoms with Gasteiger partial charge in [0.1, 0.15) is 5.82 Å². The number of halogens is 4. The van der Waals surface area contributed by atoms with Crippen LogP contribution in [0.1, 0.15) is 17.2 Å². The molecule has 1 nitrogen and oxygen atoms in total. The Balaban J connectivity index is 2.34. The van der Waals surface area contributed by atoms with Crippen LogP contribution < -0.4 is 5.73 Å². The van der Waals surface area contributed by atoms with E-state index in [1.165, 1.54) is 12.1 Å². The summed E-state index contributed by atoms with van der Waals surface area (Å²) in [6, 6.07) is 9.05. The Morgan fingerprint density at radius 2 is 1.47 bits per heavy atom. The highest BCUT2D eigenvalue weighted by atomic mass is 35.5. The minimum absolute atomic E-state index is 0.278. The summed E-state index contributed by atoms with van der Waals surface area (Å²) in [5.41, 5.74) is 6.99. The van der Waals surface area contributed by atoms with Crippen molar-refractivity contribution >= 4 is 34.8 Å². The van der Waals surface area contributed by atoms with E-state index >= 15 is 0 Å². The molecule has 0 fully saturated rings. The number of hydrogen-bond donors (Lipinski definition) is 1. The molecule has 0 saturated heterocycles. The van der Waals surface area contributed by atoms with Crippen molar-refractivity contribution in [3.8, 4) is 0 Å². The molecule has 5 heteroatoms. The molecule has 0 spiro atoms. The van der Waals surface area contributed by atoms with Crippen LogP contribution >= 0.6 is 34.8 Å². The summed E-state index contributed by atoms with van der Waals surface area (Å²) in [5, 5.41) is 1.32. The summed E-state index contributed by atoms with van der Waals surface area (Å²) in [7, 11) is 0. The largest absolute Gasteiger partial charge is 0.324 e. The summed E-state index contributed by atoms with van der Waals surface area (Å²) < 4.78 is 13.8. The van der Waals surface area contributed by atoms with Gasteiger partial charge in [-0.1, -0.05) is 46.9 Å². The fraction of sp³-hybridized carbons (Fsp3) is 0.143. The lowest BCUT2D eigenvalue weighted by Gasteiger charge is -2.16. The molecule has 100 valence electrons. The maximum atomic E-state index is 13.8. The van der Waals surface area contributed by atoms with Crippen LogP contribution in [-0.4, -0.2) is 0 Å². The van der Waals surface area contributed by atoms with Gasteiger partial charge in [-0.2, -0.15) is 0 Å². The van der Waals surface area contributed by atoms with E-state index in [2.05, 4.69) is 0 Å². The van der Waals surface area contributed by atoms with E-state index in [1.807, 2.05) is 0 Å². The average Bonchev–Trinajstić information content (AvgIpc) is 2.34. The summed E-state index contributed by atoms with van der Waals surface area (Å²) in [6.07, 6.45) is 0.319. The van der Waals surface area contributed by atoms with Crippen LogP contribution in [0.25, 0.3) is 0 Å². The zero-order valence-electron chi connectivity index (χ0n) is 9.84. The molecule has 2 rings (SSSR count). The number of benzene rings is 2. The van der Waals surface area contributed by atoms with Gasteiger partial charge in [0.15, 0.2) is 0 Å². The maximum Gasteiger partial charge on any atom is 0.129 e. The van der Waals surface area contributed by atoms with Crippen molar-refractivity contribution in [2.45, 2.75) is 12.5 Å². The van der Waals surface area contributed by atoms with Gasteiger partial charge < -0.3 is 5.73 Å². The molecular weight excluding hydrogens is 308 g/mol. The van der Waals surface area contributed by atoms with E-state index in [0.29, 0.717) is 27.1 Å². The second kappa shape index (κ2) is 6.10. The third-order valence-corrected chi connectivity index (χ3v) is 3.89. The van der Waals surface area contributed by atoms with Crippen LogP contribution in [0.4, 0.5) is 4.39 Å². The van der Waals surface area contributed by atoms with Crippen LogP contribution in [0.15, 0.2) is 36.4 Å². The maximum absolute atomic E-state index is 13.8. The van der Waals surface area contributed by atoms with Crippen molar-refractivity contribution in [1.82, 2.24) is 0 Å². The fourth-order valence-corrected chi connectivity index (χ4v) is 2.77. The van der Waals surface area contributed by atoms with Crippen molar-refractivity contribution in [3.05, 3.63) is 68.4 Å². The molecule has 1 atom stereocenters. The summed E-state index contributed by atoms with van der Waals surface area (Å²) in [4.78, 5) is 0. The van der Waals surface area contributed by atoms with Crippen LogP contribution in [0.5, 0.6) is 0 Å².